The zero-order valence-corrected chi connectivity index (χ0v) is 21.3. The molecule has 2 aromatic rings. The highest BCUT2D eigenvalue weighted by molar-refractivity contribution is 9.10. The Kier molecular flexibility index (Phi) is 9.92. The maximum Gasteiger partial charge on any atom is 0.404 e. The van der Waals surface area contributed by atoms with Gasteiger partial charge in [0.15, 0.2) is 0 Å². The molecule has 10 heteroatoms. The van der Waals surface area contributed by atoms with Crippen molar-refractivity contribution in [1.29, 1.82) is 0 Å². The maximum absolute atomic E-state index is 12.5. The fraction of sp³-hybridized carbons (Fsp3) is 0.524. The molecule has 172 valence electrons. The standard InChI is InChI=1S/C17H21BrN2O2S2.C4H9NO2/c1-2-20-24(21,22)16-10-13(18)8-9-14(16)15-11-19-17(23-15)12-6-4-3-5-7-12;1-3(2)7-4(5)6/h8-12,20H,2-7H2,1H3;3H,1-2H3,(H2,5,6). The summed E-state index contributed by atoms with van der Waals surface area (Å²) < 4.78 is 32.8. The molecule has 1 aliphatic carbocycles. The molecule has 7 nitrogen and oxygen atoms in total. The Morgan fingerprint density at radius 1 is 1.32 bits per heavy atom. The molecule has 1 fully saturated rings. The van der Waals surface area contributed by atoms with Gasteiger partial charge in [-0.3, -0.25) is 0 Å². The first kappa shape index (κ1) is 25.8. The molecule has 1 amide bonds. The number of carbonyl (C=O) groups excluding carboxylic acids is 1. The van der Waals surface area contributed by atoms with Crippen molar-refractivity contribution < 1.29 is 17.9 Å². The van der Waals surface area contributed by atoms with Crippen LogP contribution in [0.15, 0.2) is 33.8 Å². The number of hydrogen-bond acceptors (Lipinski definition) is 6. The lowest BCUT2D eigenvalue weighted by Crippen LogP contribution is -2.23. The molecular weight excluding hydrogens is 502 g/mol. The molecule has 3 N–H and O–H groups in total. The Bertz CT molecular complexity index is 971. The van der Waals surface area contributed by atoms with Gasteiger partial charge >= 0.3 is 6.09 Å². The largest absolute Gasteiger partial charge is 0.447 e. The number of sulfonamides is 1. The van der Waals surface area contributed by atoms with Crippen LogP contribution in [0.5, 0.6) is 0 Å². The number of aromatic nitrogens is 1. The number of carbonyl (C=O) groups is 1. The van der Waals surface area contributed by atoms with E-state index < -0.39 is 16.1 Å². The molecule has 0 spiro atoms. The van der Waals surface area contributed by atoms with Gasteiger partial charge in [0.25, 0.3) is 0 Å². The SMILES string of the molecule is CC(C)OC(N)=O.CCNS(=O)(=O)c1cc(Br)ccc1-c1cnc(C2CCCCC2)s1. The predicted octanol–water partition coefficient (Wildman–Crippen LogP) is 5.41. The molecule has 31 heavy (non-hydrogen) atoms. The van der Waals surface area contributed by atoms with Crippen LogP contribution in [-0.4, -0.2) is 32.1 Å². The zero-order valence-electron chi connectivity index (χ0n) is 18.1. The van der Waals surface area contributed by atoms with Crippen LogP contribution in [0.3, 0.4) is 0 Å². The molecule has 0 radical (unpaired) electrons. The van der Waals surface area contributed by atoms with E-state index in [1.807, 2.05) is 18.3 Å². The van der Waals surface area contributed by atoms with Gasteiger partial charge in [0, 0.05) is 28.7 Å². The summed E-state index contributed by atoms with van der Waals surface area (Å²) in [6.45, 7) is 5.63. The molecule has 1 heterocycles. The number of benzene rings is 1. The summed E-state index contributed by atoms with van der Waals surface area (Å²) in [6, 6.07) is 5.39. The van der Waals surface area contributed by atoms with Crippen LogP contribution in [0.25, 0.3) is 10.4 Å². The molecule has 1 saturated carbocycles. The number of nitrogens with one attached hydrogen (secondary N) is 1. The minimum absolute atomic E-state index is 0.0995. The topological polar surface area (TPSA) is 111 Å². The second kappa shape index (κ2) is 11.9. The van der Waals surface area contributed by atoms with E-state index in [-0.39, 0.29) is 6.10 Å². The highest BCUT2D eigenvalue weighted by Gasteiger charge is 2.23. The van der Waals surface area contributed by atoms with E-state index in [2.05, 4.69) is 36.1 Å². The highest BCUT2D eigenvalue weighted by Crippen LogP contribution is 2.39. The van der Waals surface area contributed by atoms with E-state index >= 15 is 0 Å². The number of nitrogens with two attached hydrogens (primary N) is 1. The fourth-order valence-electron chi connectivity index (χ4n) is 3.37. The Labute approximate surface area is 197 Å². The normalized spacial score (nSPS) is 14.7. The summed E-state index contributed by atoms with van der Waals surface area (Å²) in [7, 11) is -3.53. The first-order chi connectivity index (χ1) is 14.6. The van der Waals surface area contributed by atoms with Crippen molar-refractivity contribution in [2.45, 2.75) is 69.8 Å². The van der Waals surface area contributed by atoms with Gasteiger partial charge in [-0.05, 0) is 38.8 Å². The van der Waals surface area contributed by atoms with Crippen molar-refractivity contribution in [3.8, 4) is 10.4 Å². The predicted molar refractivity (Wildman–Crippen MR) is 128 cm³/mol. The number of primary amides is 1. The number of hydrogen-bond donors (Lipinski definition) is 2. The number of thiazole rings is 1. The average Bonchev–Trinajstić information content (AvgIpc) is 3.18. The molecule has 0 bridgehead atoms. The molecular formula is C21H30BrN3O4S2. The molecule has 1 aromatic heterocycles. The van der Waals surface area contributed by atoms with Gasteiger partial charge in [-0.1, -0.05) is 48.2 Å². The summed E-state index contributed by atoms with van der Waals surface area (Å²) in [6.07, 6.45) is 7.23. The van der Waals surface area contributed by atoms with E-state index in [0.29, 0.717) is 17.4 Å². The van der Waals surface area contributed by atoms with E-state index in [0.717, 1.165) is 19.9 Å². The molecule has 0 unspecified atom stereocenters. The Hall–Kier alpha value is -1.49. The number of rotatable bonds is 6. The third kappa shape index (κ3) is 7.85. The number of halogens is 1. The van der Waals surface area contributed by atoms with Crippen LogP contribution in [0, 0.1) is 0 Å². The summed E-state index contributed by atoms with van der Waals surface area (Å²) in [5.74, 6) is 0.529. The fourth-order valence-corrected chi connectivity index (χ4v) is 6.36. The van der Waals surface area contributed by atoms with Crippen LogP contribution in [0.4, 0.5) is 4.79 Å². The Morgan fingerprint density at radius 2 is 2.00 bits per heavy atom. The van der Waals surface area contributed by atoms with Gasteiger partial charge in [0.05, 0.1) is 20.9 Å². The monoisotopic (exact) mass is 531 g/mol. The van der Waals surface area contributed by atoms with Gasteiger partial charge < -0.3 is 10.5 Å². The average molecular weight is 533 g/mol. The molecule has 0 atom stereocenters. The zero-order chi connectivity index (χ0) is 23.0. The molecule has 0 aliphatic heterocycles. The number of amides is 1. The summed E-state index contributed by atoms with van der Waals surface area (Å²) >= 11 is 5.00. The first-order valence-electron chi connectivity index (χ1n) is 10.4. The van der Waals surface area contributed by atoms with E-state index in [4.69, 9.17) is 0 Å². The minimum Gasteiger partial charge on any atom is -0.447 e. The summed E-state index contributed by atoms with van der Waals surface area (Å²) in [5, 5.41) is 1.14. The third-order valence-corrected chi connectivity index (χ3v) is 7.93. The van der Waals surface area contributed by atoms with Gasteiger partial charge in [-0.2, -0.15) is 0 Å². The summed E-state index contributed by atoms with van der Waals surface area (Å²) in [5.41, 5.74) is 5.35. The second-order valence-electron chi connectivity index (χ2n) is 7.53. The van der Waals surface area contributed by atoms with Crippen molar-refractivity contribution >= 4 is 43.4 Å². The van der Waals surface area contributed by atoms with Crippen LogP contribution < -0.4 is 10.5 Å². The highest BCUT2D eigenvalue weighted by atomic mass is 79.9. The first-order valence-corrected chi connectivity index (χ1v) is 13.4. The molecule has 3 rings (SSSR count). The van der Waals surface area contributed by atoms with Crippen molar-refractivity contribution in [3.05, 3.63) is 33.9 Å². The van der Waals surface area contributed by atoms with E-state index in [1.165, 1.54) is 32.1 Å². The number of ether oxygens (including phenoxy) is 1. The van der Waals surface area contributed by atoms with Crippen LogP contribution >= 0.6 is 27.3 Å². The van der Waals surface area contributed by atoms with Gasteiger partial charge in [0.2, 0.25) is 10.0 Å². The smallest absolute Gasteiger partial charge is 0.404 e. The van der Waals surface area contributed by atoms with Gasteiger partial charge in [-0.25, -0.2) is 22.9 Å². The van der Waals surface area contributed by atoms with Crippen molar-refractivity contribution in [1.82, 2.24) is 9.71 Å². The lowest BCUT2D eigenvalue weighted by molar-refractivity contribution is 0.125. The molecule has 0 saturated heterocycles. The Morgan fingerprint density at radius 3 is 2.55 bits per heavy atom. The van der Waals surface area contributed by atoms with Crippen molar-refractivity contribution in [3.63, 3.8) is 0 Å². The third-order valence-electron chi connectivity index (χ3n) is 4.66. The van der Waals surface area contributed by atoms with E-state index in [1.54, 1.807) is 38.2 Å². The second-order valence-corrected chi connectivity index (χ2v) is 11.2. The van der Waals surface area contributed by atoms with Crippen molar-refractivity contribution in [2.24, 2.45) is 5.73 Å². The lowest BCUT2D eigenvalue weighted by atomic mass is 9.90. The van der Waals surface area contributed by atoms with Crippen molar-refractivity contribution in [2.75, 3.05) is 6.54 Å². The van der Waals surface area contributed by atoms with Crippen LogP contribution in [0.2, 0.25) is 0 Å². The van der Waals surface area contributed by atoms with Gasteiger partial charge in [0.1, 0.15) is 0 Å². The minimum atomic E-state index is -3.53. The van der Waals surface area contributed by atoms with Crippen LogP contribution in [0.1, 0.15) is 63.8 Å². The maximum atomic E-state index is 12.5. The quantitative estimate of drug-likeness (QED) is 0.517. The van der Waals surface area contributed by atoms with Gasteiger partial charge in [-0.15, -0.1) is 11.3 Å². The molecule has 1 aromatic carbocycles. The lowest BCUT2D eigenvalue weighted by Gasteiger charge is -2.18. The van der Waals surface area contributed by atoms with E-state index in [9.17, 15) is 13.2 Å². The number of nitrogens with zero attached hydrogens (tertiary/aromatic N) is 1. The van der Waals surface area contributed by atoms with Crippen LogP contribution in [-0.2, 0) is 14.8 Å². The Balaban J connectivity index is 0.000000423. The molecule has 1 aliphatic rings. The summed E-state index contributed by atoms with van der Waals surface area (Å²) in [4.78, 5) is 15.6.